The lowest BCUT2D eigenvalue weighted by atomic mass is 10.1. The first kappa shape index (κ1) is 21.5. The van der Waals surface area contributed by atoms with E-state index in [1.807, 2.05) is 0 Å². The zero-order valence-electron chi connectivity index (χ0n) is 17.3. The molecule has 1 aliphatic rings. The van der Waals surface area contributed by atoms with E-state index < -0.39 is 0 Å². The molecule has 6 nitrogen and oxygen atoms in total. The summed E-state index contributed by atoms with van der Waals surface area (Å²) < 4.78 is 13.0. The highest BCUT2D eigenvalue weighted by Gasteiger charge is 2.19. The molecule has 162 valence electrons. The second-order valence-electron chi connectivity index (χ2n) is 7.66. The minimum atomic E-state index is -0.291. The quantitative estimate of drug-likeness (QED) is 0.585. The van der Waals surface area contributed by atoms with Crippen molar-refractivity contribution in [3.63, 3.8) is 0 Å². The summed E-state index contributed by atoms with van der Waals surface area (Å²) in [6, 6.07) is 16.7. The number of piperazine rings is 1. The lowest BCUT2D eigenvalue weighted by Crippen LogP contribution is -2.46. The monoisotopic (exact) mass is 439 g/mol. The Kier molecular flexibility index (Phi) is 7.35. The summed E-state index contributed by atoms with van der Waals surface area (Å²) in [5, 5.41) is 12.3. The van der Waals surface area contributed by atoms with Gasteiger partial charge in [-0.05, 0) is 29.7 Å². The average Bonchev–Trinajstić information content (AvgIpc) is 3.27. The van der Waals surface area contributed by atoms with Crippen molar-refractivity contribution in [3.8, 4) is 0 Å². The topological polar surface area (TPSA) is 61.4 Å². The molecular formula is C23H26FN5OS. The highest BCUT2D eigenvalue weighted by Crippen LogP contribution is 2.14. The molecule has 0 radical (unpaired) electrons. The maximum Gasteiger partial charge on any atom is 0.282 e. The Hall–Kier alpha value is -2.68. The summed E-state index contributed by atoms with van der Waals surface area (Å²) in [6.45, 7) is 6.18. The van der Waals surface area contributed by atoms with Crippen LogP contribution in [0.2, 0.25) is 0 Å². The molecule has 1 saturated heterocycles. The molecule has 1 aromatic heterocycles. The molecule has 4 rings (SSSR count). The molecule has 2 heterocycles. The van der Waals surface area contributed by atoms with Crippen molar-refractivity contribution >= 4 is 17.2 Å². The van der Waals surface area contributed by atoms with E-state index in [0.29, 0.717) is 11.6 Å². The number of amides is 1. The molecule has 0 unspecified atom stereocenters. The van der Waals surface area contributed by atoms with Crippen molar-refractivity contribution in [2.75, 3.05) is 32.7 Å². The number of halogens is 1. The Bertz CT molecular complexity index is 971. The van der Waals surface area contributed by atoms with Crippen molar-refractivity contribution in [1.29, 1.82) is 0 Å². The summed E-state index contributed by atoms with van der Waals surface area (Å²) in [6.07, 6.45) is 1.08. The third-order valence-corrected chi connectivity index (χ3v) is 6.32. The molecule has 2 aromatic carbocycles. The van der Waals surface area contributed by atoms with Crippen molar-refractivity contribution in [1.82, 2.24) is 25.3 Å². The van der Waals surface area contributed by atoms with Crippen LogP contribution in [0.25, 0.3) is 0 Å². The van der Waals surface area contributed by atoms with Crippen molar-refractivity contribution < 1.29 is 9.18 Å². The summed E-state index contributed by atoms with van der Waals surface area (Å²) in [4.78, 5) is 17.2. The van der Waals surface area contributed by atoms with Gasteiger partial charge in [-0.25, -0.2) is 4.39 Å². The number of hydrogen-bond acceptors (Lipinski definition) is 6. The van der Waals surface area contributed by atoms with Crippen LogP contribution in [-0.2, 0) is 19.5 Å². The second kappa shape index (κ2) is 10.6. The Morgan fingerprint density at radius 3 is 2.39 bits per heavy atom. The van der Waals surface area contributed by atoms with Crippen LogP contribution in [0, 0.1) is 5.82 Å². The molecule has 1 N–H and O–H groups in total. The molecule has 0 spiro atoms. The van der Waals surface area contributed by atoms with Gasteiger partial charge in [0.25, 0.3) is 5.91 Å². The van der Waals surface area contributed by atoms with Gasteiger partial charge in [-0.1, -0.05) is 53.8 Å². The fraction of sp³-hybridized carbons (Fsp3) is 0.348. The summed E-state index contributed by atoms with van der Waals surface area (Å²) in [5.74, 6) is -0.542. The van der Waals surface area contributed by atoms with E-state index in [2.05, 4.69) is 55.6 Å². The van der Waals surface area contributed by atoms with E-state index >= 15 is 0 Å². The normalized spacial score (nSPS) is 15.1. The predicted octanol–water partition coefficient (Wildman–Crippen LogP) is 2.97. The first-order valence-corrected chi connectivity index (χ1v) is 11.3. The third-order valence-electron chi connectivity index (χ3n) is 5.41. The van der Waals surface area contributed by atoms with E-state index in [-0.39, 0.29) is 11.7 Å². The third kappa shape index (κ3) is 6.40. The second-order valence-corrected chi connectivity index (χ2v) is 8.73. The number of carbonyl (C=O) groups is 1. The van der Waals surface area contributed by atoms with Gasteiger partial charge in [-0.15, -0.1) is 10.2 Å². The van der Waals surface area contributed by atoms with Gasteiger partial charge < -0.3 is 10.2 Å². The maximum atomic E-state index is 13.0. The molecule has 31 heavy (non-hydrogen) atoms. The largest absolute Gasteiger partial charge is 0.346 e. The Morgan fingerprint density at radius 2 is 1.65 bits per heavy atom. The van der Waals surface area contributed by atoms with E-state index in [4.69, 9.17) is 0 Å². The van der Waals surface area contributed by atoms with Crippen molar-refractivity contribution in [2.24, 2.45) is 0 Å². The van der Waals surface area contributed by atoms with Crippen molar-refractivity contribution in [2.45, 2.75) is 19.5 Å². The van der Waals surface area contributed by atoms with Crippen molar-refractivity contribution in [3.05, 3.63) is 81.6 Å². The zero-order valence-corrected chi connectivity index (χ0v) is 18.2. The molecule has 0 atom stereocenters. The van der Waals surface area contributed by atoms with Gasteiger partial charge in [0, 0.05) is 39.3 Å². The van der Waals surface area contributed by atoms with Gasteiger partial charge in [0.05, 0.1) is 6.54 Å². The molecule has 3 aromatic rings. The van der Waals surface area contributed by atoms with E-state index in [1.54, 1.807) is 12.1 Å². The lowest BCUT2D eigenvalue weighted by Gasteiger charge is -2.34. The SMILES string of the molecule is O=C(NCc1ccc(F)cc1)c1nnc(CN2CCN(CCc3ccccc3)CC2)s1. The molecule has 0 saturated carbocycles. The molecule has 0 bridgehead atoms. The minimum absolute atomic E-state index is 0.251. The molecule has 0 aliphatic carbocycles. The highest BCUT2D eigenvalue weighted by molar-refractivity contribution is 7.13. The number of nitrogens with one attached hydrogen (secondary N) is 1. The average molecular weight is 440 g/mol. The number of carbonyl (C=O) groups excluding carboxylic acids is 1. The fourth-order valence-corrected chi connectivity index (χ4v) is 4.36. The maximum absolute atomic E-state index is 13.0. The number of benzene rings is 2. The number of rotatable bonds is 8. The number of hydrogen-bond donors (Lipinski definition) is 1. The first-order chi connectivity index (χ1) is 15.2. The first-order valence-electron chi connectivity index (χ1n) is 10.5. The van der Waals surface area contributed by atoms with Crippen LogP contribution in [0.5, 0.6) is 0 Å². The predicted molar refractivity (Wildman–Crippen MR) is 119 cm³/mol. The van der Waals surface area contributed by atoms with Crippen LogP contribution in [0.1, 0.15) is 25.9 Å². The van der Waals surface area contributed by atoms with Crippen LogP contribution in [-0.4, -0.2) is 58.6 Å². The molecule has 1 amide bonds. The number of nitrogens with zero attached hydrogens (tertiary/aromatic N) is 4. The number of aromatic nitrogens is 2. The van der Waals surface area contributed by atoms with E-state index in [1.165, 1.54) is 29.0 Å². The van der Waals surface area contributed by atoms with Crippen LogP contribution < -0.4 is 5.32 Å². The smallest absolute Gasteiger partial charge is 0.282 e. The summed E-state index contributed by atoms with van der Waals surface area (Å²) in [5.41, 5.74) is 2.22. The van der Waals surface area contributed by atoms with Crippen LogP contribution >= 0.6 is 11.3 Å². The lowest BCUT2D eigenvalue weighted by molar-refractivity contribution is 0.0950. The standard InChI is InChI=1S/C23H26FN5OS/c24-20-8-6-19(7-9-20)16-25-22(30)23-27-26-21(31-23)17-29-14-12-28(13-15-29)11-10-18-4-2-1-3-5-18/h1-9H,10-17H2,(H,25,30). The highest BCUT2D eigenvalue weighted by atomic mass is 32.1. The van der Waals surface area contributed by atoms with Crippen LogP contribution in [0.3, 0.4) is 0 Å². The van der Waals surface area contributed by atoms with E-state index in [0.717, 1.165) is 56.3 Å². The Labute approximate surface area is 185 Å². The Morgan fingerprint density at radius 1 is 0.935 bits per heavy atom. The molecule has 8 heteroatoms. The Balaban J connectivity index is 1.19. The van der Waals surface area contributed by atoms with Crippen LogP contribution in [0.15, 0.2) is 54.6 Å². The molecule has 1 fully saturated rings. The molecular weight excluding hydrogens is 413 g/mol. The molecule has 1 aliphatic heterocycles. The fourth-order valence-electron chi connectivity index (χ4n) is 3.56. The van der Waals surface area contributed by atoms with Gasteiger partial charge in [-0.2, -0.15) is 0 Å². The summed E-state index contributed by atoms with van der Waals surface area (Å²) >= 11 is 1.33. The van der Waals surface area contributed by atoms with Crippen LogP contribution in [0.4, 0.5) is 4.39 Å². The van der Waals surface area contributed by atoms with Gasteiger partial charge in [0.1, 0.15) is 10.8 Å². The minimum Gasteiger partial charge on any atom is -0.346 e. The summed E-state index contributed by atoms with van der Waals surface area (Å²) in [7, 11) is 0. The van der Waals surface area contributed by atoms with Gasteiger partial charge in [-0.3, -0.25) is 9.69 Å². The van der Waals surface area contributed by atoms with Gasteiger partial charge in [0.15, 0.2) is 0 Å². The van der Waals surface area contributed by atoms with E-state index in [9.17, 15) is 9.18 Å². The van der Waals surface area contributed by atoms with Gasteiger partial charge >= 0.3 is 0 Å². The van der Waals surface area contributed by atoms with Gasteiger partial charge in [0.2, 0.25) is 5.01 Å². The zero-order chi connectivity index (χ0) is 21.5.